The van der Waals surface area contributed by atoms with Crippen molar-refractivity contribution in [2.24, 2.45) is 16.1 Å². The molecule has 0 aliphatic carbocycles. The van der Waals surface area contributed by atoms with E-state index in [1.54, 1.807) is 6.92 Å². The summed E-state index contributed by atoms with van der Waals surface area (Å²) < 4.78 is 0. The van der Waals surface area contributed by atoms with E-state index in [0.29, 0.717) is 11.8 Å². The van der Waals surface area contributed by atoms with Crippen LogP contribution < -0.4 is 0 Å². The zero-order valence-corrected chi connectivity index (χ0v) is 6.96. The van der Waals surface area contributed by atoms with Crippen LogP contribution in [-0.2, 0) is 4.84 Å². The highest BCUT2D eigenvalue weighted by Gasteiger charge is 1.86. The van der Waals surface area contributed by atoms with Crippen LogP contribution in [0.3, 0.4) is 0 Å². The van der Waals surface area contributed by atoms with Crippen LogP contribution in [0.2, 0.25) is 0 Å². The van der Waals surface area contributed by atoms with Crippen molar-refractivity contribution in [2.45, 2.75) is 20.8 Å². The van der Waals surface area contributed by atoms with Gasteiger partial charge in [-0.3, -0.25) is 0 Å². The van der Waals surface area contributed by atoms with Crippen LogP contribution in [0.5, 0.6) is 0 Å². The minimum Gasteiger partial charge on any atom is -0.398 e. The number of nitrogens with zero attached hydrogens (tertiary/aromatic N) is 2. The monoisotopic (exact) mass is 142 g/mol. The second kappa shape index (κ2) is 4.97. The Morgan fingerprint density at radius 1 is 1.50 bits per heavy atom. The molecule has 0 fully saturated rings. The number of amidine groups is 1. The number of oxime groups is 1. The van der Waals surface area contributed by atoms with E-state index in [4.69, 9.17) is 0 Å². The van der Waals surface area contributed by atoms with Crippen LogP contribution in [-0.4, -0.2) is 19.2 Å². The molecular weight excluding hydrogens is 128 g/mol. The van der Waals surface area contributed by atoms with Crippen LogP contribution in [0.4, 0.5) is 0 Å². The van der Waals surface area contributed by atoms with Crippen molar-refractivity contribution in [1.82, 2.24) is 0 Å². The van der Waals surface area contributed by atoms with Gasteiger partial charge in [0.2, 0.25) is 0 Å². The molecule has 0 bridgehead atoms. The molecule has 0 amide bonds. The lowest BCUT2D eigenvalue weighted by atomic mass is 10.2. The molecule has 3 nitrogen and oxygen atoms in total. The first-order valence-electron chi connectivity index (χ1n) is 3.28. The fourth-order valence-electron chi connectivity index (χ4n) is 0.413. The minimum atomic E-state index is 0.460. The van der Waals surface area contributed by atoms with Gasteiger partial charge in [-0.15, -0.1) is 0 Å². The summed E-state index contributed by atoms with van der Waals surface area (Å²) in [6.07, 6.45) is 1.83. The van der Waals surface area contributed by atoms with Crippen molar-refractivity contribution in [3.8, 4) is 0 Å². The van der Waals surface area contributed by atoms with Crippen LogP contribution in [0, 0.1) is 5.92 Å². The first-order chi connectivity index (χ1) is 4.66. The molecule has 0 spiro atoms. The summed E-state index contributed by atoms with van der Waals surface area (Å²) in [6, 6.07) is 0. The fourth-order valence-corrected chi connectivity index (χ4v) is 0.413. The van der Waals surface area contributed by atoms with Crippen molar-refractivity contribution in [3.63, 3.8) is 0 Å². The molecule has 0 radical (unpaired) electrons. The Kier molecular flexibility index (Phi) is 4.54. The summed E-state index contributed by atoms with van der Waals surface area (Å²) in [4.78, 5) is 8.52. The summed E-state index contributed by atoms with van der Waals surface area (Å²) in [5, 5.41) is 3.62. The summed E-state index contributed by atoms with van der Waals surface area (Å²) in [5.41, 5.74) is 0. The molecule has 0 aromatic heterocycles. The molecule has 3 heteroatoms. The van der Waals surface area contributed by atoms with E-state index < -0.39 is 0 Å². The molecule has 0 atom stereocenters. The number of rotatable bonds is 2. The lowest BCUT2D eigenvalue weighted by molar-refractivity contribution is 0.213. The Balaban J connectivity index is 3.77. The molecule has 0 aliphatic heterocycles. The standard InChI is InChI=1S/C7H14N2O/c1-6(2)5-8-7(3)9-10-4/h5-6H,1-4H3/b8-5?,9-7-. The van der Waals surface area contributed by atoms with E-state index in [1.807, 2.05) is 6.21 Å². The van der Waals surface area contributed by atoms with Gasteiger partial charge in [0.05, 0.1) is 0 Å². The predicted octanol–water partition coefficient (Wildman–Crippen LogP) is 1.69. The maximum absolute atomic E-state index is 4.51. The van der Waals surface area contributed by atoms with Crippen molar-refractivity contribution in [2.75, 3.05) is 7.11 Å². The highest BCUT2D eigenvalue weighted by Crippen LogP contribution is 1.86. The van der Waals surface area contributed by atoms with Gasteiger partial charge >= 0.3 is 0 Å². The lowest BCUT2D eigenvalue weighted by Crippen LogP contribution is -1.92. The molecule has 0 heterocycles. The van der Waals surface area contributed by atoms with E-state index in [9.17, 15) is 0 Å². The summed E-state index contributed by atoms with van der Waals surface area (Å²) in [5.74, 6) is 1.11. The molecular formula is C7H14N2O. The molecule has 0 aromatic carbocycles. The van der Waals surface area contributed by atoms with Crippen molar-refractivity contribution < 1.29 is 4.84 Å². The van der Waals surface area contributed by atoms with Crippen LogP contribution in [0.1, 0.15) is 20.8 Å². The number of hydrogen-bond donors (Lipinski definition) is 0. The Hall–Kier alpha value is -0.860. The normalized spacial score (nSPS) is 13.1. The molecule has 0 saturated heterocycles. The second-order valence-electron chi connectivity index (χ2n) is 2.34. The zero-order chi connectivity index (χ0) is 7.98. The van der Waals surface area contributed by atoms with Gasteiger partial charge in [0.1, 0.15) is 7.11 Å². The predicted molar refractivity (Wildman–Crippen MR) is 43.4 cm³/mol. The van der Waals surface area contributed by atoms with Gasteiger partial charge < -0.3 is 4.84 Å². The largest absolute Gasteiger partial charge is 0.398 e. The summed E-state index contributed by atoms with van der Waals surface area (Å²) in [7, 11) is 1.51. The minimum absolute atomic E-state index is 0.460. The smallest absolute Gasteiger partial charge is 0.164 e. The molecule has 0 aliphatic rings. The quantitative estimate of drug-likeness (QED) is 0.328. The van der Waals surface area contributed by atoms with Gasteiger partial charge in [-0.2, -0.15) is 0 Å². The molecule has 0 rings (SSSR count). The van der Waals surface area contributed by atoms with Gasteiger partial charge in [0.25, 0.3) is 0 Å². The van der Waals surface area contributed by atoms with E-state index in [1.165, 1.54) is 7.11 Å². The molecule has 58 valence electrons. The fraction of sp³-hybridized carbons (Fsp3) is 0.714. The third-order valence-corrected chi connectivity index (χ3v) is 0.783. The molecule has 0 N–H and O–H groups in total. The van der Waals surface area contributed by atoms with Gasteiger partial charge in [-0.1, -0.05) is 19.0 Å². The van der Waals surface area contributed by atoms with E-state index in [0.717, 1.165) is 0 Å². The van der Waals surface area contributed by atoms with Gasteiger partial charge in [-0.05, 0) is 12.8 Å². The highest BCUT2D eigenvalue weighted by atomic mass is 16.6. The Morgan fingerprint density at radius 2 is 2.10 bits per heavy atom. The number of aliphatic imine (C=N–C) groups is 1. The van der Waals surface area contributed by atoms with E-state index in [-0.39, 0.29) is 0 Å². The molecule has 10 heavy (non-hydrogen) atoms. The first-order valence-corrected chi connectivity index (χ1v) is 3.28. The summed E-state index contributed by atoms with van der Waals surface area (Å²) in [6.45, 7) is 5.91. The van der Waals surface area contributed by atoms with Gasteiger partial charge in [0.15, 0.2) is 5.84 Å². The second-order valence-corrected chi connectivity index (χ2v) is 2.34. The third-order valence-electron chi connectivity index (χ3n) is 0.783. The van der Waals surface area contributed by atoms with Gasteiger partial charge in [0, 0.05) is 6.21 Å². The maximum atomic E-state index is 4.51. The Morgan fingerprint density at radius 3 is 2.50 bits per heavy atom. The molecule has 0 unspecified atom stereocenters. The number of hydrogen-bond acceptors (Lipinski definition) is 2. The average Bonchev–Trinajstić information content (AvgIpc) is 1.85. The highest BCUT2D eigenvalue weighted by molar-refractivity contribution is 5.87. The lowest BCUT2D eigenvalue weighted by Gasteiger charge is -1.92. The topological polar surface area (TPSA) is 34.0 Å². The Labute approximate surface area is 61.8 Å². The summed E-state index contributed by atoms with van der Waals surface area (Å²) >= 11 is 0. The Bertz CT molecular complexity index is 139. The third kappa shape index (κ3) is 5.28. The van der Waals surface area contributed by atoms with Crippen molar-refractivity contribution >= 4 is 12.1 Å². The van der Waals surface area contributed by atoms with Crippen molar-refractivity contribution in [1.29, 1.82) is 0 Å². The maximum Gasteiger partial charge on any atom is 0.164 e. The van der Waals surface area contributed by atoms with Crippen LogP contribution in [0.25, 0.3) is 0 Å². The van der Waals surface area contributed by atoms with Crippen LogP contribution >= 0.6 is 0 Å². The van der Waals surface area contributed by atoms with Crippen LogP contribution in [0.15, 0.2) is 10.1 Å². The van der Waals surface area contributed by atoms with E-state index >= 15 is 0 Å². The molecule has 0 saturated carbocycles. The average molecular weight is 142 g/mol. The zero-order valence-electron chi connectivity index (χ0n) is 6.96. The van der Waals surface area contributed by atoms with E-state index in [2.05, 4.69) is 28.8 Å². The van der Waals surface area contributed by atoms with Crippen molar-refractivity contribution in [3.05, 3.63) is 0 Å². The first kappa shape index (κ1) is 9.14. The molecule has 0 aromatic rings. The van der Waals surface area contributed by atoms with Gasteiger partial charge in [-0.25, -0.2) is 4.99 Å². The SMILES string of the molecule is CO/N=C(/C)N=CC(C)C.